The summed E-state index contributed by atoms with van der Waals surface area (Å²) in [6, 6.07) is 4.47. The zero-order valence-electron chi connectivity index (χ0n) is 22.5. The van der Waals surface area contributed by atoms with Crippen LogP contribution in [0.15, 0.2) is 30.6 Å². The van der Waals surface area contributed by atoms with Crippen molar-refractivity contribution >= 4 is 5.91 Å². The molecule has 3 heterocycles. The molecule has 0 aromatic carbocycles. The van der Waals surface area contributed by atoms with E-state index in [1.54, 1.807) is 6.07 Å². The lowest BCUT2D eigenvalue weighted by atomic mass is 9.73. The molecule has 10 heteroatoms. The second kappa shape index (κ2) is 11.5. The van der Waals surface area contributed by atoms with Crippen LogP contribution in [-0.2, 0) is 17.6 Å². The highest BCUT2D eigenvalue weighted by Gasteiger charge is 2.46. The number of hydrogen-bond acceptors (Lipinski definition) is 7. The lowest BCUT2D eigenvalue weighted by molar-refractivity contribution is -0.120. The molecular weight excluding hydrogens is 494 g/mol. The first kappa shape index (κ1) is 28.2. The van der Waals surface area contributed by atoms with E-state index < -0.39 is 18.8 Å². The van der Waals surface area contributed by atoms with E-state index in [1.165, 1.54) is 19.2 Å². The normalized spacial score (nSPS) is 19.7. The lowest BCUT2D eigenvalue weighted by Crippen LogP contribution is -2.52. The van der Waals surface area contributed by atoms with Crippen LogP contribution in [0.2, 0.25) is 0 Å². The molecule has 1 aliphatic heterocycles. The fraction of sp³-hybridized carbons (Fsp3) is 0.607. The number of aliphatic hydroxyl groups is 1. The standard InChI is InChI=1S/C28H38F2N4O4/c1-17(35)34-21(11-18-6-9-31-24(12-18)37-26(29)30)23(36)16-32-22-14-28(7-5-8-28)38-25-20(22)10-19(15-33-25)13-27(2,3)4/h6,9-10,12,15,21-23,26,32,36H,5,7-8,11,13-14,16H2,1-4H3,(H,34,35)/t21-,22-,23+/m0/s1. The van der Waals surface area contributed by atoms with Crippen LogP contribution in [0.3, 0.4) is 0 Å². The summed E-state index contributed by atoms with van der Waals surface area (Å²) in [5.74, 6) is 0.130. The van der Waals surface area contributed by atoms with Gasteiger partial charge in [-0.25, -0.2) is 9.97 Å². The molecule has 8 nitrogen and oxygen atoms in total. The summed E-state index contributed by atoms with van der Waals surface area (Å²) < 4.78 is 36.0. The summed E-state index contributed by atoms with van der Waals surface area (Å²) in [5, 5.41) is 17.4. The third kappa shape index (κ3) is 7.38. The van der Waals surface area contributed by atoms with Crippen molar-refractivity contribution in [2.24, 2.45) is 5.41 Å². The van der Waals surface area contributed by atoms with E-state index in [9.17, 15) is 18.7 Å². The third-order valence-electron chi connectivity index (χ3n) is 7.09. The monoisotopic (exact) mass is 532 g/mol. The molecule has 208 valence electrons. The Morgan fingerprint density at radius 2 is 2.03 bits per heavy atom. The summed E-state index contributed by atoms with van der Waals surface area (Å²) in [7, 11) is 0. The van der Waals surface area contributed by atoms with Gasteiger partial charge in [0.05, 0.1) is 12.1 Å². The van der Waals surface area contributed by atoms with Crippen molar-refractivity contribution < 1.29 is 28.2 Å². The van der Waals surface area contributed by atoms with E-state index in [0.717, 1.165) is 43.2 Å². The zero-order valence-corrected chi connectivity index (χ0v) is 22.5. The van der Waals surface area contributed by atoms with Gasteiger partial charge in [-0.2, -0.15) is 8.78 Å². The Balaban J connectivity index is 1.49. The molecular formula is C28H38F2N4O4. The molecule has 2 aromatic rings. The Morgan fingerprint density at radius 1 is 1.26 bits per heavy atom. The average Bonchev–Trinajstić information content (AvgIpc) is 2.79. The van der Waals surface area contributed by atoms with Gasteiger partial charge in [0.25, 0.3) is 0 Å². The first-order valence-electron chi connectivity index (χ1n) is 13.2. The van der Waals surface area contributed by atoms with Crippen molar-refractivity contribution in [3.8, 4) is 11.8 Å². The van der Waals surface area contributed by atoms with Gasteiger partial charge in [-0.3, -0.25) is 4.79 Å². The van der Waals surface area contributed by atoms with Gasteiger partial charge in [-0.05, 0) is 60.8 Å². The number of rotatable bonds is 10. The van der Waals surface area contributed by atoms with Crippen LogP contribution >= 0.6 is 0 Å². The zero-order chi connectivity index (χ0) is 27.5. The molecule has 1 saturated carbocycles. The molecule has 2 aliphatic rings. The van der Waals surface area contributed by atoms with Crippen molar-refractivity contribution in [1.29, 1.82) is 0 Å². The van der Waals surface area contributed by atoms with Crippen molar-refractivity contribution in [2.45, 2.75) is 96.6 Å². The smallest absolute Gasteiger partial charge is 0.388 e. The predicted octanol–water partition coefficient (Wildman–Crippen LogP) is 4.11. The highest BCUT2D eigenvalue weighted by atomic mass is 19.3. The summed E-state index contributed by atoms with van der Waals surface area (Å²) >= 11 is 0. The Morgan fingerprint density at radius 3 is 2.66 bits per heavy atom. The number of ether oxygens (including phenoxy) is 2. The minimum atomic E-state index is -2.99. The number of pyridine rings is 2. The SMILES string of the molecule is CC(=O)N[C@@H](Cc1ccnc(OC(F)F)c1)[C@H](O)CN[C@H]1CC2(CCC2)Oc2ncc(CC(C)(C)C)cc21. The number of alkyl halides is 2. The van der Waals surface area contributed by atoms with E-state index >= 15 is 0 Å². The molecule has 0 bridgehead atoms. The van der Waals surface area contributed by atoms with E-state index in [0.29, 0.717) is 11.4 Å². The fourth-order valence-electron chi connectivity index (χ4n) is 5.28. The maximum Gasteiger partial charge on any atom is 0.388 e. The molecule has 1 fully saturated rings. The molecule has 1 amide bonds. The topological polar surface area (TPSA) is 106 Å². The Bertz CT molecular complexity index is 1120. The lowest BCUT2D eigenvalue weighted by Gasteiger charge is -2.47. The first-order valence-corrected chi connectivity index (χ1v) is 13.2. The molecule has 3 atom stereocenters. The number of nitrogens with one attached hydrogen (secondary N) is 2. The van der Waals surface area contributed by atoms with Crippen molar-refractivity contribution in [3.63, 3.8) is 0 Å². The predicted molar refractivity (Wildman–Crippen MR) is 138 cm³/mol. The number of nitrogens with zero attached hydrogens (tertiary/aromatic N) is 2. The highest BCUT2D eigenvalue weighted by molar-refractivity contribution is 5.73. The summed E-state index contributed by atoms with van der Waals surface area (Å²) in [4.78, 5) is 20.4. The number of aromatic nitrogens is 2. The van der Waals surface area contributed by atoms with E-state index in [-0.39, 0.29) is 41.8 Å². The molecule has 38 heavy (non-hydrogen) atoms. The van der Waals surface area contributed by atoms with Crippen LogP contribution in [0.5, 0.6) is 11.8 Å². The largest absolute Gasteiger partial charge is 0.471 e. The van der Waals surface area contributed by atoms with E-state index in [2.05, 4.69) is 52.2 Å². The van der Waals surface area contributed by atoms with Crippen LogP contribution < -0.4 is 20.1 Å². The number of halogens is 2. The van der Waals surface area contributed by atoms with E-state index in [1.807, 2.05) is 6.20 Å². The molecule has 2 aromatic heterocycles. The van der Waals surface area contributed by atoms with E-state index in [4.69, 9.17) is 4.74 Å². The Hall–Kier alpha value is -2.85. The number of fused-ring (bicyclic) bond motifs is 1. The van der Waals surface area contributed by atoms with Gasteiger partial charge in [0, 0.05) is 50.0 Å². The maximum atomic E-state index is 12.6. The molecule has 3 N–H and O–H groups in total. The van der Waals surface area contributed by atoms with Gasteiger partial charge < -0.3 is 25.2 Å². The van der Waals surface area contributed by atoms with Gasteiger partial charge in [0.1, 0.15) is 5.60 Å². The number of amides is 1. The highest BCUT2D eigenvalue weighted by Crippen LogP contribution is 2.48. The van der Waals surface area contributed by atoms with Crippen LogP contribution in [0, 0.1) is 5.41 Å². The second-order valence-corrected chi connectivity index (χ2v) is 11.7. The number of aliphatic hydroxyl groups excluding tert-OH is 1. The van der Waals surface area contributed by atoms with Crippen molar-refractivity contribution in [1.82, 2.24) is 20.6 Å². The molecule has 0 saturated heterocycles. The summed E-state index contributed by atoms with van der Waals surface area (Å²) in [6.07, 6.45) is 7.23. The van der Waals surface area contributed by atoms with Gasteiger partial charge in [-0.1, -0.05) is 20.8 Å². The Kier molecular flexibility index (Phi) is 8.52. The molecule has 4 rings (SSSR count). The van der Waals surface area contributed by atoms with Gasteiger partial charge in [0.2, 0.25) is 17.7 Å². The average molecular weight is 533 g/mol. The van der Waals surface area contributed by atoms with Gasteiger partial charge in [-0.15, -0.1) is 0 Å². The van der Waals surface area contributed by atoms with Crippen molar-refractivity contribution in [2.75, 3.05) is 6.54 Å². The molecule has 1 aliphatic carbocycles. The second-order valence-electron chi connectivity index (χ2n) is 11.7. The van der Waals surface area contributed by atoms with Crippen molar-refractivity contribution in [3.05, 3.63) is 47.3 Å². The minimum absolute atomic E-state index is 0.0638. The quantitative estimate of drug-likeness (QED) is 0.423. The minimum Gasteiger partial charge on any atom is -0.471 e. The van der Waals surface area contributed by atoms with Crippen LogP contribution in [0.25, 0.3) is 0 Å². The molecule has 0 radical (unpaired) electrons. The summed E-state index contributed by atoms with van der Waals surface area (Å²) in [5.41, 5.74) is 2.60. The fourth-order valence-corrected chi connectivity index (χ4v) is 5.28. The third-order valence-corrected chi connectivity index (χ3v) is 7.09. The van der Waals surface area contributed by atoms with Gasteiger partial charge in [0.15, 0.2) is 0 Å². The number of hydrogen-bond donors (Lipinski definition) is 3. The Labute approximate surface area is 222 Å². The van der Waals surface area contributed by atoms with Crippen LogP contribution in [0.4, 0.5) is 8.78 Å². The first-order chi connectivity index (χ1) is 17.9. The summed E-state index contributed by atoms with van der Waals surface area (Å²) in [6.45, 7) is 5.16. The molecule has 0 unspecified atom stereocenters. The molecule has 1 spiro atoms. The van der Waals surface area contributed by atoms with Crippen LogP contribution in [0.1, 0.15) is 76.1 Å². The van der Waals surface area contributed by atoms with Gasteiger partial charge >= 0.3 is 6.61 Å². The maximum absolute atomic E-state index is 12.6. The van der Waals surface area contributed by atoms with Crippen LogP contribution in [-0.4, -0.2) is 51.9 Å². The number of carbonyl (C=O) groups excluding carboxylic acids is 1. The number of carbonyl (C=O) groups is 1.